The maximum absolute atomic E-state index is 12.5. The van der Waals surface area contributed by atoms with E-state index in [1.54, 1.807) is 23.9 Å². The number of anilines is 4. The molecule has 2 fully saturated rings. The Balaban J connectivity index is 0.000000243. The molecule has 0 atom stereocenters. The summed E-state index contributed by atoms with van der Waals surface area (Å²) in [4.78, 5) is 39.4. The number of benzene rings is 4. The molecule has 6 amide bonds. The van der Waals surface area contributed by atoms with Gasteiger partial charge in [-0.25, -0.2) is 14.4 Å². The van der Waals surface area contributed by atoms with Crippen molar-refractivity contribution in [1.82, 2.24) is 16.0 Å². The Morgan fingerprint density at radius 2 is 1.14 bits per heavy atom. The van der Waals surface area contributed by atoms with Gasteiger partial charge in [-0.15, -0.1) is 0 Å². The molecule has 64 heavy (non-hydrogen) atoms. The lowest BCUT2D eigenvalue weighted by molar-refractivity contribution is 0.220. The fourth-order valence-electron chi connectivity index (χ4n) is 8.17. The lowest BCUT2D eigenvalue weighted by Crippen LogP contribution is -2.47. The summed E-state index contributed by atoms with van der Waals surface area (Å²) >= 11 is 20.0. The van der Waals surface area contributed by atoms with Crippen molar-refractivity contribution in [1.29, 1.82) is 0 Å². The maximum atomic E-state index is 12.5. The molecular formula is C48H62Cl3N7O5S. The van der Waals surface area contributed by atoms with Gasteiger partial charge in [0.25, 0.3) is 0 Å². The van der Waals surface area contributed by atoms with Crippen molar-refractivity contribution in [2.75, 3.05) is 21.3 Å². The fraction of sp³-hybridized carbons (Fsp3) is 0.438. The summed E-state index contributed by atoms with van der Waals surface area (Å²) in [6.07, 6.45) is 11.7. The molecule has 16 heteroatoms. The topological polar surface area (TPSA) is 176 Å². The van der Waals surface area contributed by atoms with Gasteiger partial charge in [0.15, 0.2) is 11.5 Å². The predicted octanol–water partition coefficient (Wildman–Crippen LogP) is 13.8. The number of carbonyl (C=O) groups excluding carboxylic acids is 3. The van der Waals surface area contributed by atoms with Crippen LogP contribution >= 0.6 is 46.6 Å². The predicted molar refractivity (Wildman–Crippen MR) is 264 cm³/mol. The number of rotatable bonds is 12. The monoisotopic (exact) mass is 953 g/mol. The molecule has 2 saturated carbocycles. The SMILES string of the molecule is CC(C)(C)CC(C)(C)NC(=O)Nc1cc(NC(=O)NC2CCCCC2)cc(Cl)c1O.O=C(Nc1cc(Cl)c(O)c(NCc2ccccc2Sc2ccc(Cl)cc2)c1)NC1CCCCC1. The molecule has 4 aromatic carbocycles. The van der Waals surface area contributed by atoms with Crippen LogP contribution in [0.3, 0.4) is 0 Å². The molecule has 2 aliphatic rings. The molecule has 0 aromatic heterocycles. The van der Waals surface area contributed by atoms with Crippen LogP contribution in [0.2, 0.25) is 15.1 Å². The van der Waals surface area contributed by atoms with Crippen molar-refractivity contribution in [3.63, 3.8) is 0 Å². The number of phenols is 2. The Kier molecular flexibility index (Phi) is 18.5. The number of urea groups is 3. The number of halogens is 3. The minimum atomic E-state index is -0.459. The van der Waals surface area contributed by atoms with E-state index in [1.165, 1.54) is 25.0 Å². The summed E-state index contributed by atoms with van der Waals surface area (Å²) in [6, 6.07) is 21.2. The largest absolute Gasteiger partial charge is 0.504 e. The van der Waals surface area contributed by atoms with E-state index >= 15 is 0 Å². The second kappa shape index (κ2) is 23.5. The van der Waals surface area contributed by atoms with Gasteiger partial charge in [0.1, 0.15) is 0 Å². The third-order valence-corrected chi connectivity index (χ3v) is 12.6. The lowest BCUT2D eigenvalue weighted by atomic mass is 9.82. The van der Waals surface area contributed by atoms with Crippen LogP contribution < -0.4 is 37.2 Å². The molecule has 9 N–H and O–H groups in total. The van der Waals surface area contributed by atoms with Gasteiger partial charge in [-0.05, 0) is 112 Å². The van der Waals surface area contributed by atoms with E-state index in [-0.39, 0.29) is 56.8 Å². The summed E-state index contributed by atoms with van der Waals surface area (Å²) in [5.41, 5.74) is 2.13. The minimum absolute atomic E-state index is 0.0368. The van der Waals surface area contributed by atoms with Gasteiger partial charge in [-0.2, -0.15) is 0 Å². The van der Waals surface area contributed by atoms with Gasteiger partial charge >= 0.3 is 18.1 Å². The number of nitrogens with one attached hydrogen (secondary N) is 7. The first-order chi connectivity index (χ1) is 30.3. The van der Waals surface area contributed by atoms with Gasteiger partial charge in [0, 0.05) is 50.4 Å². The smallest absolute Gasteiger partial charge is 0.319 e. The van der Waals surface area contributed by atoms with E-state index in [9.17, 15) is 24.6 Å². The quantitative estimate of drug-likeness (QED) is 0.0501. The third-order valence-electron chi connectivity index (χ3n) is 10.7. The third kappa shape index (κ3) is 16.7. The maximum Gasteiger partial charge on any atom is 0.319 e. The van der Waals surface area contributed by atoms with Crippen LogP contribution in [0.4, 0.5) is 37.1 Å². The van der Waals surface area contributed by atoms with E-state index in [1.807, 2.05) is 56.3 Å². The first-order valence-electron chi connectivity index (χ1n) is 21.9. The molecule has 0 unspecified atom stereocenters. The highest BCUT2D eigenvalue weighted by molar-refractivity contribution is 7.99. The zero-order valence-electron chi connectivity index (χ0n) is 37.2. The molecule has 12 nitrogen and oxygen atoms in total. The Morgan fingerprint density at radius 1 is 0.641 bits per heavy atom. The second-order valence-electron chi connectivity index (χ2n) is 18.3. The first kappa shape index (κ1) is 50.3. The zero-order chi connectivity index (χ0) is 46.4. The van der Waals surface area contributed by atoms with Gasteiger partial charge in [0.2, 0.25) is 0 Å². The molecule has 0 aliphatic heterocycles. The molecule has 0 spiro atoms. The van der Waals surface area contributed by atoms with Crippen LogP contribution in [-0.2, 0) is 6.54 Å². The fourth-order valence-corrected chi connectivity index (χ4v) is 9.68. The Morgan fingerprint density at radius 3 is 1.67 bits per heavy atom. The molecule has 346 valence electrons. The zero-order valence-corrected chi connectivity index (χ0v) is 40.3. The van der Waals surface area contributed by atoms with Crippen molar-refractivity contribution in [2.24, 2.45) is 5.41 Å². The van der Waals surface area contributed by atoms with Crippen LogP contribution in [0.15, 0.2) is 82.6 Å². The molecule has 2 aliphatic carbocycles. The average molecular weight is 955 g/mol. The van der Waals surface area contributed by atoms with Gasteiger partial charge in [-0.3, -0.25) is 0 Å². The molecule has 0 saturated heterocycles. The number of hydrogen-bond donors (Lipinski definition) is 9. The highest BCUT2D eigenvalue weighted by Gasteiger charge is 2.28. The van der Waals surface area contributed by atoms with E-state index in [0.29, 0.717) is 28.6 Å². The Labute approximate surface area is 396 Å². The normalized spacial score (nSPS) is 14.6. The van der Waals surface area contributed by atoms with E-state index in [2.05, 4.69) is 64.1 Å². The molecule has 4 aromatic rings. The highest BCUT2D eigenvalue weighted by Crippen LogP contribution is 2.38. The summed E-state index contributed by atoms with van der Waals surface area (Å²) in [6.45, 7) is 10.7. The number of aromatic hydroxyl groups is 2. The van der Waals surface area contributed by atoms with Crippen molar-refractivity contribution in [3.8, 4) is 11.5 Å². The van der Waals surface area contributed by atoms with E-state index in [0.717, 1.165) is 73.1 Å². The first-order valence-corrected chi connectivity index (χ1v) is 23.8. The van der Waals surface area contributed by atoms with E-state index < -0.39 is 11.6 Å². The summed E-state index contributed by atoms with van der Waals surface area (Å²) in [5, 5.41) is 42.0. The van der Waals surface area contributed by atoms with Crippen molar-refractivity contribution < 1.29 is 24.6 Å². The number of carbonyl (C=O) groups is 3. The molecular weight excluding hydrogens is 893 g/mol. The standard InChI is InChI=1S/C26H27Cl2N3O2S.C22H35ClN4O3/c27-18-10-12-21(13-11-18)34-24-9-5-4-6-17(24)16-29-23-15-20(14-22(28)25(23)32)31-26(33)30-19-7-2-1-3-8-19;1-21(2,3)13-22(4,5)27-20(30)26-17-12-15(11-16(23)18(17)28)25-19(29)24-14-9-7-6-8-10-14/h4-6,9-15,19,29,32H,1-3,7-8,16H2,(H2,30,31,33);11-12,14,28H,6-10,13H2,1-5H3,(H2,24,25,29)(H2,26,27,30). The Bertz CT molecular complexity index is 2210. The van der Waals surface area contributed by atoms with Crippen LogP contribution in [0.1, 0.15) is 111 Å². The lowest BCUT2D eigenvalue weighted by Gasteiger charge is -2.33. The van der Waals surface area contributed by atoms with Crippen molar-refractivity contribution in [3.05, 3.63) is 93.4 Å². The number of hydrogen-bond acceptors (Lipinski definition) is 7. The summed E-state index contributed by atoms with van der Waals surface area (Å²) in [5.74, 6) is -0.304. The second-order valence-corrected chi connectivity index (χ2v) is 20.7. The van der Waals surface area contributed by atoms with Crippen molar-refractivity contribution in [2.45, 2.75) is 139 Å². The van der Waals surface area contributed by atoms with Crippen molar-refractivity contribution >= 4 is 87.4 Å². The minimum Gasteiger partial charge on any atom is -0.504 e. The van der Waals surface area contributed by atoms with Crippen LogP contribution in [0.25, 0.3) is 0 Å². The van der Waals surface area contributed by atoms with Gasteiger partial charge in [-0.1, -0.05) is 124 Å². The average Bonchev–Trinajstić information content (AvgIpc) is 3.21. The van der Waals surface area contributed by atoms with Crippen LogP contribution in [0.5, 0.6) is 11.5 Å². The van der Waals surface area contributed by atoms with Crippen LogP contribution in [-0.4, -0.2) is 45.9 Å². The summed E-state index contributed by atoms with van der Waals surface area (Å²) < 4.78 is 0. The number of phenolic OH excluding ortho intramolecular Hbond substituents is 2. The molecule has 0 radical (unpaired) electrons. The molecule has 0 heterocycles. The van der Waals surface area contributed by atoms with Crippen LogP contribution in [0, 0.1) is 5.41 Å². The molecule has 6 rings (SSSR count). The van der Waals surface area contributed by atoms with Gasteiger partial charge in [0.05, 0.1) is 21.4 Å². The number of amides is 6. The van der Waals surface area contributed by atoms with Gasteiger partial charge < -0.3 is 47.4 Å². The summed E-state index contributed by atoms with van der Waals surface area (Å²) in [7, 11) is 0. The Hall–Kier alpha value is -4.69. The highest BCUT2D eigenvalue weighted by atomic mass is 35.5. The molecule has 0 bridgehead atoms. The van der Waals surface area contributed by atoms with E-state index in [4.69, 9.17) is 34.8 Å².